The van der Waals surface area contributed by atoms with Crippen molar-refractivity contribution in [3.8, 4) is 0 Å². The van der Waals surface area contributed by atoms with E-state index in [1.807, 2.05) is 41.3 Å². The van der Waals surface area contributed by atoms with Gasteiger partial charge < -0.3 is 9.64 Å². The van der Waals surface area contributed by atoms with Gasteiger partial charge in [-0.2, -0.15) is 0 Å². The highest BCUT2D eigenvalue weighted by Crippen LogP contribution is 2.40. The van der Waals surface area contributed by atoms with Crippen LogP contribution in [0, 0.1) is 0 Å². The highest BCUT2D eigenvalue weighted by Gasteiger charge is 2.51. The lowest BCUT2D eigenvalue weighted by Crippen LogP contribution is -2.63. The van der Waals surface area contributed by atoms with E-state index in [1.54, 1.807) is 0 Å². The molecule has 0 aliphatic carbocycles. The van der Waals surface area contributed by atoms with Gasteiger partial charge in [-0.3, -0.25) is 4.90 Å². The van der Waals surface area contributed by atoms with Crippen LogP contribution < -0.4 is 0 Å². The molecule has 2 aliphatic heterocycles. The number of hydrogen-bond acceptors (Lipinski definition) is 3. The fourth-order valence-corrected chi connectivity index (χ4v) is 3.96. The van der Waals surface area contributed by atoms with E-state index in [0.29, 0.717) is 6.61 Å². The van der Waals surface area contributed by atoms with Crippen molar-refractivity contribution in [3.05, 3.63) is 71.8 Å². The zero-order chi connectivity index (χ0) is 17.1. The second-order valence-corrected chi connectivity index (χ2v) is 7.11. The van der Waals surface area contributed by atoms with Gasteiger partial charge in [-0.25, -0.2) is 4.79 Å². The van der Waals surface area contributed by atoms with Crippen LogP contribution in [0.15, 0.2) is 60.7 Å². The van der Waals surface area contributed by atoms with Crippen molar-refractivity contribution in [1.82, 2.24) is 9.80 Å². The predicted molar refractivity (Wildman–Crippen MR) is 97.0 cm³/mol. The van der Waals surface area contributed by atoms with Crippen LogP contribution in [0.25, 0.3) is 0 Å². The Labute approximate surface area is 149 Å². The quantitative estimate of drug-likeness (QED) is 0.854. The van der Waals surface area contributed by atoms with E-state index in [9.17, 15) is 4.79 Å². The number of hydrogen-bond donors (Lipinski definition) is 0. The molecule has 4 rings (SSSR count). The molecule has 2 aromatic rings. The van der Waals surface area contributed by atoms with Crippen molar-refractivity contribution in [2.75, 3.05) is 19.6 Å². The second-order valence-electron chi connectivity index (χ2n) is 7.11. The van der Waals surface area contributed by atoms with Crippen molar-refractivity contribution in [3.63, 3.8) is 0 Å². The lowest BCUT2D eigenvalue weighted by atomic mass is 9.84. The summed E-state index contributed by atoms with van der Waals surface area (Å²) >= 11 is 0. The molecule has 25 heavy (non-hydrogen) atoms. The van der Waals surface area contributed by atoms with E-state index in [2.05, 4.69) is 29.2 Å². The lowest BCUT2D eigenvalue weighted by molar-refractivity contribution is -0.0118. The molecule has 4 heteroatoms. The van der Waals surface area contributed by atoms with Gasteiger partial charge in [0.15, 0.2) is 0 Å². The van der Waals surface area contributed by atoms with Gasteiger partial charge in [-0.1, -0.05) is 60.7 Å². The number of carbonyl (C=O) groups is 1. The Hall–Kier alpha value is -2.33. The van der Waals surface area contributed by atoms with E-state index in [0.717, 1.165) is 44.6 Å². The van der Waals surface area contributed by atoms with Crippen molar-refractivity contribution in [1.29, 1.82) is 0 Å². The molecule has 2 aromatic carbocycles. The molecule has 0 unspecified atom stereocenters. The first kappa shape index (κ1) is 16.2. The SMILES string of the molecule is O=C(OCc1ccccc1)N1CC[C@@]12CCN(Cc1ccccc1)C2. The third-order valence-corrected chi connectivity index (χ3v) is 5.46. The third kappa shape index (κ3) is 3.40. The molecule has 1 atom stereocenters. The van der Waals surface area contributed by atoms with Crippen molar-refractivity contribution >= 4 is 6.09 Å². The number of amides is 1. The van der Waals surface area contributed by atoms with Crippen LogP contribution in [-0.2, 0) is 17.9 Å². The van der Waals surface area contributed by atoms with Gasteiger partial charge in [-0.05, 0) is 24.0 Å². The zero-order valence-electron chi connectivity index (χ0n) is 14.4. The molecule has 0 aromatic heterocycles. The minimum atomic E-state index is -0.170. The summed E-state index contributed by atoms with van der Waals surface area (Å²) in [5.41, 5.74) is 2.35. The Balaban J connectivity index is 1.33. The number of likely N-dealkylation sites (tertiary alicyclic amines) is 2. The van der Waals surface area contributed by atoms with Crippen molar-refractivity contribution in [2.45, 2.75) is 31.5 Å². The molecule has 2 fully saturated rings. The van der Waals surface area contributed by atoms with Crippen LogP contribution in [0.4, 0.5) is 4.79 Å². The number of rotatable bonds is 4. The van der Waals surface area contributed by atoms with Gasteiger partial charge in [0, 0.05) is 26.2 Å². The Morgan fingerprint density at radius 1 is 0.920 bits per heavy atom. The summed E-state index contributed by atoms with van der Waals surface area (Å²) < 4.78 is 5.54. The van der Waals surface area contributed by atoms with Crippen LogP contribution >= 0.6 is 0 Å². The molecule has 0 N–H and O–H groups in total. The zero-order valence-corrected chi connectivity index (χ0v) is 14.4. The smallest absolute Gasteiger partial charge is 0.410 e. The number of nitrogens with zero attached hydrogens (tertiary/aromatic N) is 2. The summed E-state index contributed by atoms with van der Waals surface area (Å²) in [6.45, 7) is 4.10. The fourth-order valence-electron chi connectivity index (χ4n) is 3.96. The van der Waals surface area contributed by atoms with Crippen LogP contribution in [0.3, 0.4) is 0 Å². The topological polar surface area (TPSA) is 32.8 Å². The summed E-state index contributed by atoms with van der Waals surface area (Å²) in [5, 5.41) is 0. The molecule has 1 amide bonds. The highest BCUT2D eigenvalue weighted by atomic mass is 16.6. The van der Waals surface area contributed by atoms with Crippen molar-refractivity contribution < 1.29 is 9.53 Å². The third-order valence-electron chi connectivity index (χ3n) is 5.46. The molecule has 130 valence electrons. The number of benzene rings is 2. The van der Waals surface area contributed by atoms with E-state index in [1.165, 1.54) is 5.56 Å². The van der Waals surface area contributed by atoms with Crippen LogP contribution in [-0.4, -0.2) is 41.1 Å². The Kier molecular flexibility index (Phi) is 4.45. The first-order valence-electron chi connectivity index (χ1n) is 9.00. The molecule has 1 spiro atoms. The minimum absolute atomic E-state index is 0.0114. The van der Waals surface area contributed by atoms with Gasteiger partial charge in [0.1, 0.15) is 6.61 Å². The maximum Gasteiger partial charge on any atom is 0.410 e. The van der Waals surface area contributed by atoms with Gasteiger partial charge >= 0.3 is 6.09 Å². The van der Waals surface area contributed by atoms with Crippen LogP contribution in [0.2, 0.25) is 0 Å². The van der Waals surface area contributed by atoms with Gasteiger partial charge in [0.2, 0.25) is 0 Å². The maximum atomic E-state index is 12.5. The van der Waals surface area contributed by atoms with E-state index < -0.39 is 0 Å². The molecule has 2 aliphatic rings. The molecule has 0 radical (unpaired) electrons. The summed E-state index contributed by atoms with van der Waals surface area (Å²) in [6.07, 6.45) is 1.95. The predicted octanol–water partition coefficient (Wildman–Crippen LogP) is 3.67. The summed E-state index contributed by atoms with van der Waals surface area (Å²) in [5.74, 6) is 0. The molecule has 0 saturated carbocycles. The summed E-state index contributed by atoms with van der Waals surface area (Å²) in [6, 6.07) is 20.4. The van der Waals surface area contributed by atoms with Crippen LogP contribution in [0.1, 0.15) is 24.0 Å². The molecule has 0 bridgehead atoms. The Morgan fingerprint density at radius 2 is 1.56 bits per heavy atom. The van der Waals surface area contributed by atoms with E-state index in [-0.39, 0.29) is 11.6 Å². The molecule has 2 heterocycles. The summed E-state index contributed by atoms with van der Waals surface area (Å²) in [4.78, 5) is 16.9. The highest BCUT2D eigenvalue weighted by molar-refractivity contribution is 5.70. The van der Waals surface area contributed by atoms with Crippen molar-refractivity contribution in [2.24, 2.45) is 0 Å². The minimum Gasteiger partial charge on any atom is -0.445 e. The van der Waals surface area contributed by atoms with Gasteiger partial charge in [0.25, 0.3) is 0 Å². The summed E-state index contributed by atoms with van der Waals surface area (Å²) in [7, 11) is 0. The van der Waals surface area contributed by atoms with Gasteiger partial charge in [-0.15, -0.1) is 0 Å². The van der Waals surface area contributed by atoms with E-state index in [4.69, 9.17) is 4.74 Å². The van der Waals surface area contributed by atoms with Crippen LogP contribution in [0.5, 0.6) is 0 Å². The fraction of sp³-hybridized carbons (Fsp3) is 0.381. The Morgan fingerprint density at radius 3 is 2.20 bits per heavy atom. The lowest BCUT2D eigenvalue weighted by Gasteiger charge is -2.49. The molecular weight excluding hydrogens is 312 g/mol. The Bertz CT molecular complexity index is 719. The average Bonchev–Trinajstić information content (AvgIpc) is 3.07. The maximum absolute atomic E-state index is 12.5. The molecule has 4 nitrogen and oxygen atoms in total. The number of carbonyl (C=O) groups excluding carboxylic acids is 1. The molecular formula is C21H24N2O2. The monoisotopic (exact) mass is 336 g/mol. The largest absolute Gasteiger partial charge is 0.445 e. The first-order chi connectivity index (χ1) is 12.3. The standard InChI is InChI=1S/C21H24N2O2/c24-20(25-16-19-9-5-2-6-10-19)23-14-12-21(23)11-13-22(17-21)15-18-7-3-1-4-8-18/h1-10H,11-17H2/t21-/m1/s1. The normalized spacial score (nSPS) is 22.8. The van der Waals surface area contributed by atoms with E-state index >= 15 is 0 Å². The number of ether oxygens (including phenoxy) is 1. The average molecular weight is 336 g/mol. The first-order valence-corrected chi connectivity index (χ1v) is 9.00. The van der Waals surface area contributed by atoms with Gasteiger partial charge in [0.05, 0.1) is 5.54 Å². The molecule has 2 saturated heterocycles. The second kappa shape index (κ2) is 6.89.